The van der Waals surface area contributed by atoms with Gasteiger partial charge in [-0.05, 0) is 79.8 Å². The molecule has 5 heteroatoms. The lowest BCUT2D eigenvalue weighted by Crippen LogP contribution is -2.37. The maximum atomic E-state index is 12.5. The second-order valence-corrected chi connectivity index (χ2v) is 11.2. The number of carbonyl (C=O) groups is 1. The lowest BCUT2D eigenvalue weighted by molar-refractivity contribution is -0.126. The van der Waals surface area contributed by atoms with Gasteiger partial charge in [0, 0.05) is 19.3 Å². The first-order chi connectivity index (χ1) is 15.0. The Labute approximate surface area is 192 Å². The summed E-state index contributed by atoms with van der Waals surface area (Å²) in [6, 6.07) is 0. The Morgan fingerprint density at radius 3 is 2.72 bits per heavy atom. The number of hydrogen-bond acceptors (Lipinski definition) is 5. The third-order valence-electron chi connectivity index (χ3n) is 8.46. The normalized spacial score (nSPS) is 38.5. The van der Waals surface area contributed by atoms with Crippen LogP contribution in [0.25, 0.3) is 0 Å². The van der Waals surface area contributed by atoms with Crippen molar-refractivity contribution >= 4 is 5.78 Å². The fraction of sp³-hybridized carbons (Fsp3) is 0.741. The quantitative estimate of drug-likeness (QED) is 0.476. The van der Waals surface area contributed by atoms with E-state index in [1.54, 1.807) is 0 Å². The maximum absolute atomic E-state index is 12.5. The minimum Gasteiger partial charge on any atom is -0.393 e. The Balaban J connectivity index is 1.72. The molecule has 0 saturated heterocycles. The van der Waals surface area contributed by atoms with Gasteiger partial charge in [-0.1, -0.05) is 38.2 Å². The molecule has 0 aliphatic heterocycles. The number of fused-ring (bicyclic) bond motifs is 1. The second kappa shape index (κ2) is 9.92. The summed E-state index contributed by atoms with van der Waals surface area (Å²) in [6.45, 7) is 9.68. The molecule has 3 rings (SSSR count). The number of allylic oxidation sites excluding steroid dienone is 3. The van der Waals surface area contributed by atoms with Gasteiger partial charge in [0.25, 0.3) is 0 Å². The van der Waals surface area contributed by atoms with Gasteiger partial charge in [-0.2, -0.15) is 0 Å². The van der Waals surface area contributed by atoms with Gasteiger partial charge in [-0.25, -0.2) is 0 Å². The molecular weight excluding hydrogens is 404 g/mol. The molecule has 180 valence electrons. The van der Waals surface area contributed by atoms with Crippen LogP contribution in [0.15, 0.2) is 35.5 Å². The van der Waals surface area contributed by atoms with Gasteiger partial charge in [0.05, 0.1) is 24.4 Å². The van der Waals surface area contributed by atoms with Crippen molar-refractivity contribution in [1.82, 2.24) is 0 Å². The smallest absolute Gasteiger partial charge is 0.136 e. The number of rotatable bonds is 7. The molecule has 3 fully saturated rings. The maximum Gasteiger partial charge on any atom is 0.136 e. The van der Waals surface area contributed by atoms with Gasteiger partial charge in [0.2, 0.25) is 0 Å². The van der Waals surface area contributed by atoms with E-state index in [-0.39, 0.29) is 23.5 Å². The van der Waals surface area contributed by atoms with E-state index < -0.39 is 24.4 Å². The van der Waals surface area contributed by atoms with Gasteiger partial charge in [-0.15, -0.1) is 0 Å². The van der Waals surface area contributed by atoms with Crippen molar-refractivity contribution in [2.75, 3.05) is 6.61 Å². The van der Waals surface area contributed by atoms with Crippen LogP contribution in [-0.2, 0) is 4.79 Å². The Hall–Kier alpha value is -1.27. The topological polar surface area (TPSA) is 98.0 Å². The summed E-state index contributed by atoms with van der Waals surface area (Å²) in [5.74, 6) is 1.21. The molecule has 2 unspecified atom stereocenters. The molecule has 3 saturated carbocycles. The minimum absolute atomic E-state index is 0.00101. The van der Waals surface area contributed by atoms with Crippen molar-refractivity contribution in [3.63, 3.8) is 0 Å². The van der Waals surface area contributed by atoms with E-state index in [0.29, 0.717) is 31.1 Å². The third-order valence-corrected chi connectivity index (χ3v) is 8.46. The van der Waals surface area contributed by atoms with Crippen molar-refractivity contribution < 1.29 is 25.2 Å². The van der Waals surface area contributed by atoms with E-state index in [0.717, 1.165) is 43.3 Å². The molecule has 5 nitrogen and oxygen atoms in total. The van der Waals surface area contributed by atoms with E-state index in [4.69, 9.17) is 0 Å². The number of carbonyl (C=O) groups excluding carboxylic acids is 1. The third kappa shape index (κ3) is 5.44. The molecule has 7 atom stereocenters. The molecule has 0 radical (unpaired) electrons. The number of ketones is 1. The molecule has 4 N–H and O–H groups in total. The summed E-state index contributed by atoms with van der Waals surface area (Å²) in [7, 11) is 0. The first-order valence-corrected chi connectivity index (χ1v) is 12.3. The van der Waals surface area contributed by atoms with Crippen molar-refractivity contribution in [2.24, 2.45) is 23.2 Å². The van der Waals surface area contributed by atoms with Crippen LogP contribution in [0.1, 0.15) is 78.6 Å². The average Bonchev–Trinajstić information content (AvgIpc) is 3.06. The van der Waals surface area contributed by atoms with Gasteiger partial charge in [-0.3, -0.25) is 4.79 Å². The highest BCUT2D eigenvalue weighted by atomic mass is 16.3. The summed E-state index contributed by atoms with van der Waals surface area (Å²) < 4.78 is 0. The lowest BCUT2D eigenvalue weighted by Gasteiger charge is -2.44. The first kappa shape index (κ1) is 25.4. The van der Waals surface area contributed by atoms with E-state index >= 15 is 0 Å². The minimum atomic E-state index is -1.34. The number of hydrogen-bond donors (Lipinski definition) is 4. The molecule has 0 amide bonds. The van der Waals surface area contributed by atoms with Crippen molar-refractivity contribution in [1.29, 1.82) is 0 Å². The molecule has 0 bridgehead atoms. The van der Waals surface area contributed by atoms with Crippen LogP contribution in [0, 0.1) is 23.2 Å². The van der Waals surface area contributed by atoms with E-state index in [9.17, 15) is 25.2 Å². The Kier molecular flexibility index (Phi) is 7.86. The molecule has 32 heavy (non-hydrogen) atoms. The highest BCUT2D eigenvalue weighted by Crippen LogP contribution is 2.59. The van der Waals surface area contributed by atoms with E-state index in [1.165, 1.54) is 12.5 Å². The Bertz CT molecular complexity index is 779. The van der Waals surface area contributed by atoms with Gasteiger partial charge < -0.3 is 20.4 Å². The van der Waals surface area contributed by atoms with Gasteiger partial charge in [0.15, 0.2) is 0 Å². The average molecular weight is 447 g/mol. The molecular formula is C27H42O5. The summed E-state index contributed by atoms with van der Waals surface area (Å²) in [4.78, 5) is 12.5. The highest BCUT2D eigenvalue weighted by molar-refractivity contribution is 5.79. The zero-order valence-corrected chi connectivity index (χ0v) is 20.0. The Morgan fingerprint density at radius 2 is 2.03 bits per heavy atom. The van der Waals surface area contributed by atoms with Gasteiger partial charge >= 0.3 is 0 Å². The van der Waals surface area contributed by atoms with Crippen molar-refractivity contribution in [3.05, 3.63) is 35.5 Å². The summed E-state index contributed by atoms with van der Waals surface area (Å²) in [5, 5.41) is 39.5. The highest BCUT2D eigenvalue weighted by Gasteiger charge is 2.50. The molecule has 0 aromatic rings. The van der Waals surface area contributed by atoms with Crippen molar-refractivity contribution in [3.8, 4) is 0 Å². The Morgan fingerprint density at radius 1 is 1.31 bits per heavy atom. The van der Waals surface area contributed by atoms with Crippen LogP contribution in [0.2, 0.25) is 0 Å². The number of aliphatic hydroxyl groups excluding tert-OH is 3. The molecule has 0 aromatic heterocycles. The van der Waals surface area contributed by atoms with Crippen LogP contribution < -0.4 is 0 Å². The van der Waals surface area contributed by atoms with Crippen LogP contribution in [0.4, 0.5) is 0 Å². The predicted molar refractivity (Wildman–Crippen MR) is 126 cm³/mol. The summed E-state index contributed by atoms with van der Waals surface area (Å²) >= 11 is 0. The van der Waals surface area contributed by atoms with Gasteiger partial charge in [0.1, 0.15) is 5.78 Å². The zero-order chi connectivity index (χ0) is 23.7. The summed E-state index contributed by atoms with van der Waals surface area (Å²) in [5.41, 5.74) is 1.93. The fourth-order valence-electron chi connectivity index (χ4n) is 6.73. The van der Waals surface area contributed by atoms with Crippen LogP contribution in [0.3, 0.4) is 0 Å². The monoisotopic (exact) mass is 446 g/mol. The van der Waals surface area contributed by atoms with Crippen LogP contribution in [0.5, 0.6) is 0 Å². The number of Topliss-reactive ketones (excluding diaryl/α,β-unsaturated/α-hetero) is 1. The predicted octanol–water partition coefficient (Wildman–Crippen LogP) is 3.86. The van der Waals surface area contributed by atoms with E-state index in [1.807, 2.05) is 0 Å². The van der Waals surface area contributed by atoms with Crippen LogP contribution in [-0.4, -0.2) is 50.6 Å². The largest absolute Gasteiger partial charge is 0.393 e. The molecule has 3 aliphatic carbocycles. The molecule has 0 heterocycles. The molecule has 3 aliphatic rings. The molecule has 0 spiro atoms. The lowest BCUT2D eigenvalue weighted by atomic mass is 9.60. The fourth-order valence-corrected chi connectivity index (χ4v) is 6.73. The van der Waals surface area contributed by atoms with Crippen LogP contribution >= 0.6 is 0 Å². The standard InChI is InChI=1S/C27H42O5/c1-17(12-22(30)15-26(3,32)16-28)23-9-10-24-19(6-5-11-27(23,24)4)7-8-20-13-21(29)14-25(31)18(20)2/h7-8,17,21,23-25,28-29,31-32H,2,5-6,9-16H2,1,3-4H3/b19-7?,20-8-/t17-,21-,23-,24?,25-,26?,27-/m1/s1. The molecule has 0 aromatic carbocycles. The first-order valence-electron chi connectivity index (χ1n) is 12.3. The van der Waals surface area contributed by atoms with E-state index in [2.05, 4.69) is 32.6 Å². The summed E-state index contributed by atoms with van der Waals surface area (Å²) in [6.07, 6.45) is 10.0. The number of aliphatic hydroxyl groups is 4. The SMILES string of the molecule is C=C1/C(=C\C=C2CCC[C@@]3(C)C2CC[C@@H]3[C@H](C)CC(=O)CC(C)(O)CO)C[C@@H](O)C[C@H]1O. The van der Waals surface area contributed by atoms with Crippen molar-refractivity contribution in [2.45, 2.75) is 96.4 Å². The second-order valence-electron chi connectivity index (χ2n) is 11.2. The zero-order valence-electron chi connectivity index (χ0n) is 20.0.